The van der Waals surface area contributed by atoms with Gasteiger partial charge in [-0.1, -0.05) is 36.4 Å². The molecule has 0 saturated carbocycles. The summed E-state index contributed by atoms with van der Waals surface area (Å²) >= 11 is 0. The molecule has 3 rings (SSSR count). The van der Waals surface area contributed by atoms with Crippen LogP contribution in [-0.2, 0) is 13.8 Å². The van der Waals surface area contributed by atoms with E-state index < -0.39 is 9.05 Å². The monoisotopic (exact) mass is 333 g/mol. The number of amides is 1. The minimum Gasteiger partial charge on any atom is -0.280 e. The van der Waals surface area contributed by atoms with Gasteiger partial charge in [-0.15, -0.1) is 0 Å². The van der Waals surface area contributed by atoms with E-state index in [-0.39, 0.29) is 10.8 Å². The lowest BCUT2D eigenvalue weighted by molar-refractivity contribution is -0.115. The number of hydrogen-bond acceptors (Lipinski definition) is 3. The van der Waals surface area contributed by atoms with Crippen molar-refractivity contribution in [3.8, 4) is 0 Å². The largest absolute Gasteiger partial charge is 0.280 e. The summed E-state index contributed by atoms with van der Waals surface area (Å²) < 4.78 is 23.1. The second kappa shape index (κ2) is 5.26. The van der Waals surface area contributed by atoms with Gasteiger partial charge in [0.25, 0.3) is 9.05 Å². The molecule has 4 nitrogen and oxygen atoms in total. The lowest BCUT2D eigenvalue weighted by Crippen LogP contribution is -2.24. The van der Waals surface area contributed by atoms with Crippen LogP contribution in [0.4, 0.5) is 11.4 Å². The molecule has 0 aliphatic carbocycles. The third-order valence-electron chi connectivity index (χ3n) is 3.46. The lowest BCUT2D eigenvalue weighted by Gasteiger charge is -2.23. The molecule has 112 valence electrons. The molecule has 1 heterocycles. The average molecular weight is 334 g/mol. The number of carbonyl (C=O) groups excluding carboxylic acids is 1. The van der Waals surface area contributed by atoms with Crippen molar-refractivity contribution in [3.05, 3.63) is 53.6 Å². The average Bonchev–Trinajstić information content (AvgIpc) is 2.62. The Morgan fingerprint density at radius 3 is 2.27 bits per heavy atom. The van der Waals surface area contributed by atoms with Crippen LogP contribution < -0.4 is 4.90 Å². The van der Waals surface area contributed by atoms with Crippen LogP contribution >= 0.6 is 10.7 Å². The highest BCUT2D eigenvalue weighted by Gasteiger charge is 2.23. The van der Waals surface area contributed by atoms with Gasteiger partial charge in [-0.05, 0) is 29.3 Å². The summed E-state index contributed by atoms with van der Waals surface area (Å²) in [5, 5.41) is 0. The van der Waals surface area contributed by atoms with E-state index in [9.17, 15) is 13.2 Å². The minimum absolute atomic E-state index is 0.0352. The first kappa shape index (κ1) is 14.8. The smallest absolute Gasteiger partial charge is 0.261 e. The van der Waals surface area contributed by atoms with Crippen molar-refractivity contribution < 1.29 is 13.2 Å². The quantitative estimate of drug-likeness (QED) is 0.746. The Kier molecular flexibility index (Phi) is 3.54. The van der Waals surface area contributed by atoms with Crippen LogP contribution in [-0.4, -0.2) is 14.3 Å². The van der Waals surface area contributed by atoms with Crippen LogP contribution in [0.2, 0.25) is 0 Å². The molecule has 0 radical (unpaired) electrons. The molecule has 1 aliphatic heterocycles. The highest BCUT2D eigenvalue weighted by Crippen LogP contribution is 2.37. The molecule has 2 aromatic rings. The Morgan fingerprint density at radius 2 is 1.64 bits per heavy atom. The number of halogens is 1. The Balaban J connectivity index is 2.31. The summed E-state index contributed by atoms with van der Waals surface area (Å²) in [7, 11) is 1.56. The summed E-state index contributed by atoms with van der Waals surface area (Å²) in [4.78, 5) is 13.6. The Hall–Kier alpha value is -2.11. The van der Waals surface area contributed by atoms with E-state index in [0.717, 1.165) is 11.1 Å². The predicted octanol–water partition coefficient (Wildman–Crippen LogP) is 3.78. The van der Waals surface area contributed by atoms with Crippen molar-refractivity contribution in [3.63, 3.8) is 0 Å². The van der Waals surface area contributed by atoms with E-state index in [4.69, 9.17) is 10.7 Å². The van der Waals surface area contributed by atoms with E-state index in [1.54, 1.807) is 6.07 Å². The molecular formula is C16H12ClNO3S. The predicted molar refractivity (Wildman–Crippen MR) is 87.7 cm³/mol. The van der Waals surface area contributed by atoms with Crippen LogP contribution in [0.5, 0.6) is 0 Å². The third-order valence-corrected chi connectivity index (χ3v) is 4.81. The van der Waals surface area contributed by atoms with Gasteiger partial charge in [-0.25, -0.2) is 8.42 Å². The van der Waals surface area contributed by atoms with Gasteiger partial charge < -0.3 is 0 Å². The summed E-state index contributed by atoms with van der Waals surface area (Å²) in [6.45, 7) is 1.44. The van der Waals surface area contributed by atoms with Crippen LogP contribution in [0.3, 0.4) is 0 Å². The highest BCUT2D eigenvalue weighted by atomic mass is 35.7. The van der Waals surface area contributed by atoms with Gasteiger partial charge in [0.1, 0.15) is 0 Å². The standard InChI is InChI=1S/C16H12ClNO3S/c1-11(19)18-15-5-3-2-4-12(15)6-7-13-8-9-14(10-16(13)18)22(17,20)21/h2-10H,1H3. The lowest BCUT2D eigenvalue weighted by atomic mass is 10.1. The molecule has 22 heavy (non-hydrogen) atoms. The van der Waals surface area contributed by atoms with E-state index in [0.29, 0.717) is 11.4 Å². The molecule has 0 unspecified atom stereocenters. The zero-order chi connectivity index (χ0) is 15.9. The van der Waals surface area contributed by atoms with Gasteiger partial charge in [-0.2, -0.15) is 0 Å². The summed E-state index contributed by atoms with van der Waals surface area (Å²) in [6.07, 6.45) is 3.74. The van der Waals surface area contributed by atoms with Crippen molar-refractivity contribution in [2.75, 3.05) is 4.90 Å². The number of fused-ring (bicyclic) bond motifs is 2. The van der Waals surface area contributed by atoms with Crippen LogP contribution in [0.1, 0.15) is 18.1 Å². The molecular weight excluding hydrogens is 322 g/mol. The first-order valence-electron chi connectivity index (χ1n) is 6.54. The normalized spacial score (nSPS) is 13.3. The molecule has 0 bridgehead atoms. The van der Waals surface area contributed by atoms with Gasteiger partial charge in [0, 0.05) is 17.6 Å². The number of anilines is 2. The molecule has 0 N–H and O–H groups in total. The fourth-order valence-corrected chi connectivity index (χ4v) is 3.26. The van der Waals surface area contributed by atoms with Crippen molar-refractivity contribution in [1.29, 1.82) is 0 Å². The maximum absolute atomic E-state index is 12.2. The number of carbonyl (C=O) groups is 1. The Morgan fingerprint density at radius 1 is 1.00 bits per heavy atom. The first-order chi connectivity index (χ1) is 10.4. The summed E-state index contributed by atoms with van der Waals surface area (Å²) in [6, 6.07) is 11.9. The summed E-state index contributed by atoms with van der Waals surface area (Å²) in [5.74, 6) is -0.207. The maximum atomic E-state index is 12.2. The molecule has 0 aromatic heterocycles. The van der Waals surface area contributed by atoms with E-state index >= 15 is 0 Å². The molecule has 0 fully saturated rings. The topological polar surface area (TPSA) is 54.5 Å². The number of rotatable bonds is 1. The molecule has 2 aromatic carbocycles. The Bertz CT molecular complexity index is 903. The fraction of sp³-hybridized carbons (Fsp3) is 0.0625. The van der Waals surface area contributed by atoms with E-state index in [1.807, 2.05) is 36.4 Å². The molecule has 6 heteroatoms. The zero-order valence-electron chi connectivity index (χ0n) is 11.7. The van der Waals surface area contributed by atoms with Gasteiger partial charge in [-0.3, -0.25) is 9.69 Å². The maximum Gasteiger partial charge on any atom is 0.261 e. The van der Waals surface area contributed by atoms with Crippen molar-refractivity contribution >= 4 is 49.2 Å². The van der Waals surface area contributed by atoms with E-state index in [2.05, 4.69) is 0 Å². The van der Waals surface area contributed by atoms with Gasteiger partial charge in [0.15, 0.2) is 0 Å². The number of benzene rings is 2. The van der Waals surface area contributed by atoms with Crippen LogP contribution in [0, 0.1) is 0 Å². The number of hydrogen-bond donors (Lipinski definition) is 0. The SMILES string of the molecule is CC(=O)N1c2ccccc2C=Cc2ccc(S(=O)(=O)Cl)cc21. The zero-order valence-corrected chi connectivity index (χ0v) is 13.2. The molecule has 1 amide bonds. The van der Waals surface area contributed by atoms with Crippen LogP contribution in [0.25, 0.3) is 12.2 Å². The molecule has 0 atom stereocenters. The summed E-state index contributed by atoms with van der Waals surface area (Å²) in [5.41, 5.74) is 2.82. The van der Waals surface area contributed by atoms with Crippen LogP contribution in [0.15, 0.2) is 47.4 Å². The van der Waals surface area contributed by atoms with E-state index in [1.165, 1.54) is 24.0 Å². The first-order valence-corrected chi connectivity index (χ1v) is 8.85. The van der Waals surface area contributed by atoms with Crippen molar-refractivity contribution in [1.82, 2.24) is 0 Å². The van der Waals surface area contributed by atoms with Gasteiger partial charge in [0.05, 0.1) is 16.3 Å². The van der Waals surface area contributed by atoms with Gasteiger partial charge >= 0.3 is 0 Å². The number of para-hydroxylation sites is 1. The Labute approximate surface area is 133 Å². The molecule has 0 saturated heterocycles. The molecule has 0 spiro atoms. The third kappa shape index (κ3) is 2.53. The minimum atomic E-state index is -3.86. The number of nitrogens with zero attached hydrogens (tertiary/aromatic N) is 1. The second-order valence-electron chi connectivity index (χ2n) is 4.91. The van der Waals surface area contributed by atoms with Crippen molar-refractivity contribution in [2.24, 2.45) is 0 Å². The second-order valence-corrected chi connectivity index (χ2v) is 7.47. The van der Waals surface area contributed by atoms with Gasteiger partial charge in [0.2, 0.25) is 5.91 Å². The van der Waals surface area contributed by atoms with Crippen molar-refractivity contribution in [2.45, 2.75) is 11.8 Å². The fourth-order valence-electron chi connectivity index (χ4n) is 2.49. The molecule has 1 aliphatic rings. The highest BCUT2D eigenvalue weighted by molar-refractivity contribution is 8.13.